The standard InChI is InChI=1S/C33H39N3O3.C4H8O.2C2H6/c1-5-11-28(26-15-17-27(18-16-26)32-30(37)20-24(2)21-31(32)39-4)23-36(34-3)33(38)35-19-10-9-14-29(35)22-25-12-7-6-8-13-25;1-4(2)3-5;2*1-2/h6-8,12-13,15-18,20-21,23,29,37H,3,5,9-11,14,19,22H2,1-2,4H3;3-4H,1-2H3;2*1-2H3/b28-23+;;;. The van der Waals surface area contributed by atoms with Crippen molar-refractivity contribution in [2.24, 2.45) is 11.0 Å². The van der Waals surface area contributed by atoms with Crippen LogP contribution in [0.5, 0.6) is 11.5 Å². The molecule has 7 heteroatoms. The van der Waals surface area contributed by atoms with Crippen LogP contribution in [0.15, 0.2) is 78.0 Å². The van der Waals surface area contributed by atoms with Crippen LogP contribution in [0.4, 0.5) is 4.79 Å². The molecule has 1 aliphatic heterocycles. The molecule has 1 heterocycles. The van der Waals surface area contributed by atoms with Crippen molar-refractivity contribution in [1.82, 2.24) is 9.91 Å². The summed E-state index contributed by atoms with van der Waals surface area (Å²) in [5, 5.41) is 16.1. The van der Waals surface area contributed by atoms with Gasteiger partial charge in [-0.15, -0.1) is 0 Å². The fraction of sp³-hybridized carbons (Fsp3) is 0.439. The zero-order valence-electron chi connectivity index (χ0n) is 30.8. The molecule has 1 atom stereocenters. The Hall–Kier alpha value is -4.39. The number of aryl methyl sites for hydroxylation is 1. The van der Waals surface area contributed by atoms with E-state index >= 15 is 0 Å². The average molecular weight is 658 g/mol. The number of amides is 2. The summed E-state index contributed by atoms with van der Waals surface area (Å²) in [5.41, 5.74) is 5.68. The summed E-state index contributed by atoms with van der Waals surface area (Å²) in [6, 6.07) is 22.0. The maximum Gasteiger partial charge on any atom is 0.344 e. The smallest absolute Gasteiger partial charge is 0.344 e. The first-order valence-corrected chi connectivity index (χ1v) is 17.5. The number of carbonyl (C=O) groups is 2. The summed E-state index contributed by atoms with van der Waals surface area (Å²) in [6.07, 6.45) is 8.36. The fourth-order valence-electron chi connectivity index (χ4n) is 5.38. The summed E-state index contributed by atoms with van der Waals surface area (Å²) >= 11 is 0. The molecule has 0 aromatic heterocycles. The summed E-state index contributed by atoms with van der Waals surface area (Å²) in [4.78, 5) is 25.2. The van der Waals surface area contributed by atoms with Crippen LogP contribution < -0.4 is 4.74 Å². The van der Waals surface area contributed by atoms with E-state index in [2.05, 4.69) is 30.9 Å². The predicted molar refractivity (Wildman–Crippen MR) is 203 cm³/mol. The average Bonchev–Trinajstić information content (AvgIpc) is 3.12. The quantitative estimate of drug-likeness (QED) is 0.134. The first-order valence-electron chi connectivity index (χ1n) is 17.5. The number of hydrogen-bond donors (Lipinski definition) is 1. The first-order chi connectivity index (χ1) is 23.2. The van der Waals surface area contributed by atoms with Crippen LogP contribution in [0.1, 0.15) is 97.3 Å². The third-order valence-electron chi connectivity index (χ3n) is 7.59. The van der Waals surface area contributed by atoms with Gasteiger partial charge >= 0.3 is 6.03 Å². The van der Waals surface area contributed by atoms with Crippen LogP contribution in [-0.2, 0) is 11.2 Å². The lowest BCUT2D eigenvalue weighted by Gasteiger charge is -2.37. The zero-order valence-corrected chi connectivity index (χ0v) is 30.8. The van der Waals surface area contributed by atoms with Crippen molar-refractivity contribution in [3.63, 3.8) is 0 Å². The molecule has 1 aliphatic rings. The highest BCUT2D eigenvalue weighted by Crippen LogP contribution is 2.39. The number of hydrazone groups is 1. The Balaban J connectivity index is 0.00000115. The largest absolute Gasteiger partial charge is 0.507 e. The molecule has 3 aromatic rings. The summed E-state index contributed by atoms with van der Waals surface area (Å²) in [5.74, 6) is 1.02. The Morgan fingerprint density at radius 2 is 1.69 bits per heavy atom. The van der Waals surface area contributed by atoms with Crippen molar-refractivity contribution >= 4 is 24.6 Å². The summed E-state index contributed by atoms with van der Waals surface area (Å²) < 4.78 is 5.54. The molecule has 2 amide bonds. The Kier molecular flexibility index (Phi) is 20.0. The number of methoxy groups -OCH3 is 1. The Morgan fingerprint density at radius 3 is 2.23 bits per heavy atom. The third-order valence-corrected chi connectivity index (χ3v) is 7.59. The normalized spacial score (nSPS) is 13.8. The molecule has 3 aromatic carbocycles. The maximum atomic E-state index is 13.7. The zero-order chi connectivity index (χ0) is 36.1. The van der Waals surface area contributed by atoms with E-state index in [9.17, 15) is 14.7 Å². The molecule has 1 N–H and O–H groups in total. The van der Waals surface area contributed by atoms with E-state index in [1.807, 2.05) is 108 Å². The number of ether oxygens (including phenoxy) is 1. The number of aldehydes is 1. The molecule has 1 fully saturated rings. The van der Waals surface area contributed by atoms with Crippen molar-refractivity contribution in [2.45, 2.75) is 100.0 Å². The fourth-order valence-corrected chi connectivity index (χ4v) is 5.38. The monoisotopic (exact) mass is 657 g/mol. The molecule has 1 unspecified atom stereocenters. The second-order valence-electron chi connectivity index (χ2n) is 11.5. The molecular weight excluding hydrogens is 598 g/mol. The van der Waals surface area contributed by atoms with E-state index in [0.717, 1.165) is 73.6 Å². The second kappa shape index (κ2) is 23.0. The highest BCUT2D eigenvalue weighted by atomic mass is 16.5. The number of piperidine rings is 1. The number of benzene rings is 3. The lowest BCUT2D eigenvalue weighted by Crippen LogP contribution is -2.48. The molecule has 48 heavy (non-hydrogen) atoms. The Labute approximate surface area is 290 Å². The van der Waals surface area contributed by atoms with Crippen molar-refractivity contribution in [2.75, 3.05) is 13.7 Å². The van der Waals surface area contributed by atoms with Crippen LogP contribution in [-0.4, -0.2) is 53.7 Å². The number of hydrogen-bond acceptors (Lipinski definition) is 5. The minimum atomic E-state index is -0.134. The molecule has 4 rings (SSSR count). The van der Waals surface area contributed by atoms with Gasteiger partial charge in [0.05, 0.1) is 12.7 Å². The van der Waals surface area contributed by atoms with Gasteiger partial charge in [0, 0.05) is 31.4 Å². The molecule has 262 valence electrons. The number of rotatable bonds is 10. The molecule has 0 saturated carbocycles. The van der Waals surface area contributed by atoms with Crippen LogP contribution in [0.25, 0.3) is 16.7 Å². The van der Waals surface area contributed by atoms with Gasteiger partial charge in [-0.25, -0.2) is 4.79 Å². The lowest BCUT2D eigenvalue weighted by molar-refractivity contribution is -0.110. The van der Waals surface area contributed by atoms with Gasteiger partial charge in [-0.1, -0.05) is 109 Å². The van der Waals surface area contributed by atoms with Gasteiger partial charge in [-0.2, -0.15) is 10.1 Å². The number of nitrogens with zero attached hydrogens (tertiary/aromatic N) is 3. The van der Waals surface area contributed by atoms with Crippen LogP contribution in [0.2, 0.25) is 0 Å². The van der Waals surface area contributed by atoms with Gasteiger partial charge in [0.15, 0.2) is 0 Å². The molecule has 0 aliphatic carbocycles. The molecular formula is C41H59N3O4. The van der Waals surface area contributed by atoms with Crippen LogP contribution in [0.3, 0.4) is 0 Å². The third kappa shape index (κ3) is 12.7. The minimum absolute atomic E-state index is 0.134. The minimum Gasteiger partial charge on any atom is -0.507 e. The van der Waals surface area contributed by atoms with Gasteiger partial charge in [0.1, 0.15) is 17.8 Å². The maximum absolute atomic E-state index is 13.7. The number of allylic oxidation sites excluding steroid dienone is 1. The van der Waals surface area contributed by atoms with Crippen LogP contribution >= 0.6 is 0 Å². The molecule has 1 saturated heterocycles. The molecule has 0 radical (unpaired) electrons. The van der Waals surface area contributed by atoms with Gasteiger partial charge < -0.3 is 19.5 Å². The highest BCUT2D eigenvalue weighted by Gasteiger charge is 2.30. The Bertz CT molecular complexity index is 1400. The van der Waals surface area contributed by atoms with Gasteiger partial charge in [-0.3, -0.25) is 0 Å². The van der Waals surface area contributed by atoms with E-state index in [1.165, 1.54) is 10.6 Å². The second-order valence-corrected chi connectivity index (χ2v) is 11.5. The lowest BCUT2D eigenvalue weighted by atomic mass is 9.96. The van der Waals surface area contributed by atoms with Gasteiger partial charge in [0.2, 0.25) is 0 Å². The summed E-state index contributed by atoms with van der Waals surface area (Å²) in [6.45, 7) is 20.2. The Morgan fingerprint density at radius 1 is 1.06 bits per heavy atom. The van der Waals surface area contributed by atoms with Crippen molar-refractivity contribution in [3.05, 3.63) is 89.6 Å². The number of urea groups is 1. The first kappa shape index (κ1) is 41.6. The highest BCUT2D eigenvalue weighted by molar-refractivity contribution is 5.81. The van der Waals surface area contributed by atoms with Gasteiger partial charge in [-0.05, 0) is 79.0 Å². The van der Waals surface area contributed by atoms with Crippen molar-refractivity contribution in [1.29, 1.82) is 0 Å². The topological polar surface area (TPSA) is 82.4 Å². The SMILES string of the molecule is C=NN(/C=C(\CCC)c1ccc(-c2c(O)cc(C)cc2OC)cc1)C(=O)N1CCCCC1Cc1ccccc1.CC.CC.CC(C)C=O. The summed E-state index contributed by atoms with van der Waals surface area (Å²) in [7, 11) is 1.61. The molecule has 0 spiro atoms. The van der Waals surface area contributed by atoms with E-state index in [1.54, 1.807) is 13.2 Å². The predicted octanol–water partition coefficient (Wildman–Crippen LogP) is 10.5. The van der Waals surface area contributed by atoms with E-state index in [4.69, 9.17) is 4.74 Å². The van der Waals surface area contributed by atoms with E-state index in [-0.39, 0.29) is 23.7 Å². The number of phenolic OH excluding ortho intramolecular Hbond substituents is 1. The van der Waals surface area contributed by atoms with Crippen molar-refractivity contribution < 1.29 is 19.4 Å². The van der Waals surface area contributed by atoms with Gasteiger partial charge in [0.25, 0.3) is 0 Å². The van der Waals surface area contributed by atoms with E-state index < -0.39 is 0 Å². The van der Waals surface area contributed by atoms with Crippen molar-refractivity contribution in [3.8, 4) is 22.6 Å². The number of likely N-dealkylation sites (tertiary alicyclic amines) is 1. The molecule has 0 bridgehead atoms. The van der Waals surface area contributed by atoms with Crippen LogP contribution in [0, 0.1) is 12.8 Å². The number of phenols is 1. The number of carbonyl (C=O) groups excluding carboxylic acids is 2. The van der Waals surface area contributed by atoms with E-state index in [0.29, 0.717) is 11.3 Å². The molecule has 7 nitrogen and oxygen atoms in total. The number of aromatic hydroxyl groups is 1.